The van der Waals surface area contributed by atoms with Crippen LogP contribution in [0, 0.1) is 5.95 Å². The van der Waals surface area contributed by atoms with E-state index in [0.29, 0.717) is 18.8 Å². The first-order chi connectivity index (χ1) is 5.83. The van der Waals surface area contributed by atoms with Crippen molar-refractivity contribution in [2.45, 2.75) is 6.42 Å². The molecule has 0 amide bonds. The molecule has 0 saturated carbocycles. The van der Waals surface area contributed by atoms with Gasteiger partial charge in [0.15, 0.2) is 0 Å². The Morgan fingerprint density at radius 3 is 2.92 bits per heavy atom. The summed E-state index contributed by atoms with van der Waals surface area (Å²) in [6.45, 7) is 0.106. The number of hydrogen-bond acceptors (Lipinski definition) is 2. The normalized spacial score (nSPS) is 9.83. The fraction of sp³-hybridized carbons (Fsp3) is 0.375. The van der Waals surface area contributed by atoms with Crippen molar-refractivity contribution in [1.29, 1.82) is 0 Å². The Morgan fingerprint density at radius 2 is 2.25 bits per heavy atom. The summed E-state index contributed by atoms with van der Waals surface area (Å²) in [5.41, 5.74) is 0. The fourth-order valence-electron chi connectivity index (χ4n) is 0.790. The van der Waals surface area contributed by atoms with Crippen LogP contribution in [0.2, 0.25) is 0 Å². The van der Waals surface area contributed by atoms with Gasteiger partial charge in [0.1, 0.15) is 5.82 Å². The van der Waals surface area contributed by atoms with Crippen molar-refractivity contribution < 1.29 is 8.78 Å². The van der Waals surface area contributed by atoms with Crippen molar-refractivity contribution in [3.8, 4) is 0 Å². The Kier molecular flexibility index (Phi) is 3.44. The van der Waals surface area contributed by atoms with E-state index in [1.165, 1.54) is 6.07 Å². The Labute approximate surface area is 69.6 Å². The van der Waals surface area contributed by atoms with Crippen LogP contribution in [0.4, 0.5) is 14.6 Å². The highest BCUT2D eigenvalue weighted by Crippen LogP contribution is 2.02. The van der Waals surface area contributed by atoms with E-state index in [9.17, 15) is 8.78 Å². The van der Waals surface area contributed by atoms with Gasteiger partial charge in [0.2, 0.25) is 5.95 Å². The third-order valence-electron chi connectivity index (χ3n) is 1.33. The van der Waals surface area contributed by atoms with Crippen LogP contribution in [-0.2, 0) is 0 Å². The summed E-state index contributed by atoms with van der Waals surface area (Å²) in [4.78, 5) is 3.54. The molecule has 2 nitrogen and oxygen atoms in total. The van der Waals surface area contributed by atoms with Crippen LogP contribution >= 0.6 is 0 Å². The van der Waals surface area contributed by atoms with Gasteiger partial charge in [-0.15, -0.1) is 0 Å². The van der Waals surface area contributed by atoms with E-state index in [2.05, 4.69) is 10.3 Å². The molecule has 0 aliphatic heterocycles. The predicted octanol–water partition coefficient (Wildman–Crippen LogP) is 1.99. The van der Waals surface area contributed by atoms with E-state index in [-0.39, 0.29) is 6.67 Å². The second-order valence-corrected chi connectivity index (χ2v) is 2.31. The van der Waals surface area contributed by atoms with Crippen molar-refractivity contribution in [2.75, 3.05) is 18.5 Å². The zero-order valence-corrected chi connectivity index (χ0v) is 6.56. The van der Waals surface area contributed by atoms with Gasteiger partial charge in [0.05, 0.1) is 6.67 Å². The number of aromatic nitrogens is 1. The predicted molar refractivity (Wildman–Crippen MR) is 43.3 cm³/mol. The largest absolute Gasteiger partial charge is 0.370 e. The lowest BCUT2D eigenvalue weighted by molar-refractivity contribution is 0.481. The molecule has 0 atom stereocenters. The van der Waals surface area contributed by atoms with E-state index in [4.69, 9.17) is 0 Å². The molecule has 0 aliphatic rings. The minimum atomic E-state index is -0.528. The third-order valence-corrected chi connectivity index (χ3v) is 1.33. The maximum Gasteiger partial charge on any atom is 0.214 e. The van der Waals surface area contributed by atoms with E-state index >= 15 is 0 Å². The number of hydrogen-bond donors (Lipinski definition) is 1. The zero-order chi connectivity index (χ0) is 8.81. The molecule has 1 rings (SSSR count). The second kappa shape index (κ2) is 4.64. The Bertz CT molecular complexity index is 240. The molecule has 4 heteroatoms. The quantitative estimate of drug-likeness (QED) is 0.555. The summed E-state index contributed by atoms with van der Waals surface area (Å²) >= 11 is 0. The number of anilines is 1. The molecule has 12 heavy (non-hydrogen) atoms. The number of nitrogens with one attached hydrogen (secondary N) is 1. The van der Waals surface area contributed by atoms with Gasteiger partial charge in [0, 0.05) is 6.54 Å². The Balaban J connectivity index is 2.41. The monoisotopic (exact) mass is 172 g/mol. The molecule has 0 bridgehead atoms. The molecule has 0 saturated heterocycles. The zero-order valence-electron chi connectivity index (χ0n) is 6.56. The van der Waals surface area contributed by atoms with Crippen molar-refractivity contribution in [3.05, 3.63) is 24.1 Å². The van der Waals surface area contributed by atoms with Crippen LogP contribution in [0.1, 0.15) is 6.42 Å². The molecule has 0 spiro atoms. The van der Waals surface area contributed by atoms with Gasteiger partial charge in [-0.1, -0.05) is 6.07 Å². The van der Waals surface area contributed by atoms with Crippen molar-refractivity contribution >= 4 is 5.82 Å². The Hall–Kier alpha value is -1.19. The van der Waals surface area contributed by atoms with Gasteiger partial charge in [0.25, 0.3) is 0 Å². The SMILES string of the molecule is FCCCNc1cccc(F)n1. The Morgan fingerprint density at radius 1 is 1.42 bits per heavy atom. The average Bonchev–Trinajstić information content (AvgIpc) is 2.05. The minimum absolute atomic E-state index is 0.373. The fourth-order valence-corrected chi connectivity index (χ4v) is 0.790. The molecular formula is C8H10F2N2. The topological polar surface area (TPSA) is 24.9 Å². The van der Waals surface area contributed by atoms with Gasteiger partial charge in [-0.05, 0) is 18.6 Å². The summed E-state index contributed by atoms with van der Waals surface area (Å²) in [5, 5.41) is 2.80. The van der Waals surface area contributed by atoms with Gasteiger partial charge in [-0.25, -0.2) is 4.98 Å². The van der Waals surface area contributed by atoms with E-state index in [1.807, 2.05) is 0 Å². The number of rotatable bonds is 4. The molecule has 1 aromatic rings. The molecule has 66 valence electrons. The van der Waals surface area contributed by atoms with E-state index < -0.39 is 5.95 Å². The van der Waals surface area contributed by atoms with E-state index in [1.54, 1.807) is 12.1 Å². The highest BCUT2D eigenvalue weighted by atomic mass is 19.1. The molecule has 0 aliphatic carbocycles. The standard InChI is InChI=1S/C8H10F2N2/c9-5-2-6-11-8-4-1-3-7(10)12-8/h1,3-4H,2,5-6H2,(H,11,12). The first-order valence-electron chi connectivity index (χ1n) is 3.75. The molecule has 1 N–H and O–H groups in total. The van der Waals surface area contributed by atoms with Crippen molar-refractivity contribution in [1.82, 2.24) is 4.98 Å². The van der Waals surface area contributed by atoms with Gasteiger partial charge < -0.3 is 5.32 Å². The number of pyridine rings is 1. The highest BCUT2D eigenvalue weighted by Gasteiger charge is 1.94. The van der Waals surface area contributed by atoms with Crippen LogP contribution in [0.5, 0.6) is 0 Å². The molecule has 0 aromatic carbocycles. The molecule has 0 unspecified atom stereocenters. The maximum atomic E-state index is 12.5. The summed E-state index contributed by atoms with van der Waals surface area (Å²) in [6, 6.07) is 4.46. The first kappa shape index (κ1) is 8.90. The number of nitrogens with zero attached hydrogens (tertiary/aromatic N) is 1. The second-order valence-electron chi connectivity index (χ2n) is 2.31. The lowest BCUT2D eigenvalue weighted by Gasteiger charge is -2.02. The highest BCUT2D eigenvalue weighted by molar-refractivity contribution is 5.33. The molecule has 1 aromatic heterocycles. The molecular weight excluding hydrogens is 162 g/mol. The molecule has 1 heterocycles. The summed E-state index contributed by atoms with van der Waals surface area (Å²) in [6.07, 6.45) is 0.415. The molecule has 0 radical (unpaired) electrons. The van der Waals surface area contributed by atoms with Crippen LogP contribution in [0.3, 0.4) is 0 Å². The smallest absolute Gasteiger partial charge is 0.214 e. The van der Waals surface area contributed by atoms with E-state index in [0.717, 1.165) is 0 Å². The minimum Gasteiger partial charge on any atom is -0.370 e. The van der Waals surface area contributed by atoms with Crippen LogP contribution in [0.15, 0.2) is 18.2 Å². The first-order valence-corrected chi connectivity index (χ1v) is 3.75. The van der Waals surface area contributed by atoms with Crippen molar-refractivity contribution in [2.24, 2.45) is 0 Å². The van der Waals surface area contributed by atoms with Gasteiger partial charge >= 0.3 is 0 Å². The maximum absolute atomic E-state index is 12.5. The number of halogens is 2. The van der Waals surface area contributed by atoms with Crippen molar-refractivity contribution in [3.63, 3.8) is 0 Å². The molecule has 0 fully saturated rings. The lowest BCUT2D eigenvalue weighted by atomic mass is 10.4. The summed E-state index contributed by atoms with van der Waals surface area (Å²) < 4.78 is 24.1. The van der Waals surface area contributed by atoms with Gasteiger partial charge in [-0.2, -0.15) is 4.39 Å². The van der Waals surface area contributed by atoms with Crippen LogP contribution in [-0.4, -0.2) is 18.2 Å². The average molecular weight is 172 g/mol. The number of alkyl halides is 1. The third kappa shape index (κ3) is 2.82. The van der Waals surface area contributed by atoms with Gasteiger partial charge in [-0.3, -0.25) is 4.39 Å². The van der Waals surface area contributed by atoms with Crippen LogP contribution < -0.4 is 5.32 Å². The van der Waals surface area contributed by atoms with Crippen LogP contribution in [0.25, 0.3) is 0 Å². The summed E-state index contributed by atoms with van der Waals surface area (Å²) in [5.74, 6) is -0.0799. The summed E-state index contributed by atoms with van der Waals surface area (Å²) in [7, 11) is 0. The lowest BCUT2D eigenvalue weighted by Crippen LogP contribution is -2.04.